The van der Waals surface area contributed by atoms with Gasteiger partial charge in [0.1, 0.15) is 10.6 Å². The molecule has 32 heavy (non-hydrogen) atoms. The van der Waals surface area contributed by atoms with Gasteiger partial charge in [-0.25, -0.2) is 0 Å². The van der Waals surface area contributed by atoms with Gasteiger partial charge in [0.2, 0.25) is 5.91 Å². The minimum absolute atomic E-state index is 0.0104. The molecule has 7 nitrogen and oxygen atoms in total. The summed E-state index contributed by atoms with van der Waals surface area (Å²) in [5, 5.41) is 3.11. The van der Waals surface area contributed by atoms with Gasteiger partial charge in [-0.1, -0.05) is 17.7 Å². The first kappa shape index (κ1) is 23.4. The SMILES string of the molecule is CC(=O)NNC(=O)c1sc2cc(OCC(=O)Nc3cccc(C(F)(F)F)c3)ccc2c1Cl. The summed E-state index contributed by atoms with van der Waals surface area (Å²) < 4.78 is 44.3. The van der Waals surface area contributed by atoms with Gasteiger partial charge in [-0.3, -0.25) is 25.2 Å². The number of carbonyl (C=O) groups excluding carboxylic acids is 3. The van der Waals surface area contributed by atoms with Gasteiger partial charge < -0.3 is 10.1 Å². The third-order valence-corrected chi connectivity index (χ3v) is 5.66. The number of fused-ring (bicyclic) bond motifs is 1. The molecule has 3 aromatic rings. The fourth-order valence-corrected chi connectivity index (χ4v) is 4.04. The molecule has 0 aliphatic heterocycles. The maximum absolute atomic E-state index is 12.8. The molecule has 2 aromatic carbocycles. The van der Waals surface area contributed by atoms with E-state index in [1.165, 1.54) is 25.1 Å². The van der Waals surface area contributed by atoms with Crippen molar-refractivity contribution in [3.63, 3.8) is 0 Å². The molecule has 0 aliphatic carbocycles. The number of anilines is 1. The Hall–Kier alpha value is -3.31. The molecule has 0 saturated heterocycles. The van der Waals surface area contributed by atoms with E-state index in [2.05, 4.69) is 16.2 Å². The van der Waals surface area contributed by atoms with Crippen molar-refractivity contribution < 1.29 is 32.3 Å². The van der Waals surface area contributed by atoms with E-state index in [-0.39, 0.29) is 15.6 Å². The van der Waals surface area contributed by atoms with E-state index in [0.717, 1.165) is 23.5 Å². The molecule has 0 bridgehead atoms. The summed E-state index contributed by atoms with van der Waals surface area (Å²) in [6, 6.07) is 8.95. The number of alkyl halides is 3. The zero-order valence-corrected chi connectivity index (χ0v) is 17.9. The summed E-state index contributed by atoms with van der Waals surface area (Å²) in [5.74, 6) is -1.39. The summed E-state index contributed by atoms with van der Waals surface area (Å²) in [7, 11) is 0. The lowest BCUT2D eigenvalue weighted by Crippen LogP contribution is -2.40. The maximum atomic E-state index is 12.8. The lowest BCUT2D eigenvalue weighted by Gasteiger charge is -2.10. The number of hydrogen-bond acceptors (Lipinski definition) is 5. The van der Waals surface area contributed by atoms with Crippen LogP contribution in [0.5, 0.6) is 5.75 Å². The highest BCUT2D eigenvalue weighted by Crippen LogP contribution is 2.37. The first-order chi connectivity index (χ1) is 15.0. The molecular weight excluding hydrogens is 471 g/mol. The van der Waals surface area contributed by atoms with Crippen molar-refractivity contribution in [1.82, 2.24) is 10.9 Å². The third kappa shape index (κ3) is 5.68. The summed E-state index contributed by atoms with van der Waals surface area (Å²) >= 11 is 7.29. The Bertz CT molecular complexity index is 1200. The number of hydrazine groups is 1. The zero-order chi connectivity index (χ0) is 23.5. The lowest BCUT2D eigenvalue weighted by molar-refractivity contribution is -0.137. The molecule has 0 aliphatic rings. The van der Waals surface area contributed by atoms with Gasteiger partial charge in [-0.05, 0) is 36.4 Å². The Morgan fingerprint density at radius 3 is 2.53 bits per heavy atom. The first-order valence-corrected chi connectivity index (χ1v) is 10.1. The van der Waals surface area contributed by atoms with E-state index >= 15 is 0 Å². The van der Waals surface area contributed by atoms with Crippen molar-refractivity contribution in [2.45, 2.75) is 13.1 Å². The first-order valence-electron chi connectivity index (χ1n) is 8.93. The summed E-state index contributed by atoms with van der Waals surface area (Å²) in [6.45, 7) is 0.788. The standard InChI is InChI=1S/C20H15ClF3N3O4S/c1-10(28)26-27-19(30)18-17(21)14-6-5-13(8-15(14)32-18)31-9-16(29)25-12-4-2-3-11(7-12)20(22,23)24/h2-8H,9H2,1H3,(H,25,29)(H,26,28)(H,27,30). The molecule has 1 heterocycles. The Morgan fingerprint density at radius 1 is 1.09 bits per heavy atom. The number of benzene rings is 2. The predicted octanol–water partition coefficient (Wildman–Crippen LogP) is 4.37. The number of halogens is 4. The number of rotatable bonds is 5. The quantitative estimate of drug-likeness (QED) is 0.467. The van der Waals surface area contributed by atoms with Crippen LogP contribution in [-0.2, 0) is 15.8 Å². The van der Waals surface area contributed by atoms with Crippen LogP contribution in [0.4, 0.5) is 18.9 Å². The second-order valence-electron chi connectivity index (χ2n) is 6.45. The van der Waals surface area contributed by atoms with Gasteiger partial charge in [0.15, 0.2) is 6.61 Å². The number of amides is 3. The molecule has 0 unspecified atom stereocenters. The topological polar surface area (TPSA) is 96.5 Å². The average molecular weight is 486 g/mol. The number of thiophene rings is 1. The molecule has 1 aromatic heterocycles. The van der Waals surface area contributed by atoms with Crippen LogP contribution in [0.25, 0.3) is 10.1 Å². The summed E-state index contributed by atoms with van der Waals surface area (Å²) in [5.41, 5.74) is 3.50. The van der Waals surface area contributed by atoms with Gasteiger partial charge in [-0.2, -0.15) is 13.2 Å². The van der Waals surface area contributed by atoms with Crippen molar-refractivity contribution >= 4 is 56.4 Å². The Balaban J connectivity index is 1.66. The zero-order valence-electron chi connectivity index (χ0n) is 16.3. The van der Waals surface area contributed by atoms with Crippen molar-refractivity contribution in [3.05, 3.63) is 57.9 Å². The normalized spacial score (nSPS) is 11.2. The Labute approximate surface area is 188 Å². The number of hydrogen-bond donors (Lipinski definition) is 3. The lowest BCUT2D eigenvalue weighted by atomic mass is 10.2. The van der Waals surface area contributed by atoms with Crippen LogP contribution in [0.15, 0.2) is 42.5 Å². The smallest absolute Gasteiger partial charge is 0.416 e. The van der Waals surface area contributed by atoms with Gasteiger partial charge in [0, 0.05) is 22.7 Å². The van der Waals surface area contributed by atoms with Crippen molar-refractivity contribution in [1.29, 1.82) is 0 Å². The van der Waals surface area contributed by atoms with Crippen molar-refractivity contribution in [2.75, 3.05) is 11.9 Å². The molecule has 12 heteroatoms. The van der Waals surface area contributed by atoms with E-state index in [1.54, 1.807) is 12.1 Å². The van der Waals surface area contributed by atoms with Crippen LogP contribution >= 0.6 is 22.9 Å². The molecule has 3 rings (SSSR count). The van der Waals surface area contributed by atoms with E-state index in [1.807, 2.05) is 0 Å². The maximum Gasteiger partial charge on any atom is 0.416 e. The highest BCUT2D eigenvalue weighted by atomic mass is 35.5. The van der Waals surface area contributed by atoms with E-state index in [9.17, 15) is 27.6 Å². The van der Waals surface area contributed by atoms with Gasteiger partial charge in [-0.15, -0.1) is 11.3 Å². The molecule has 0 radical (unpaired) electrons. The molecule has 3 N–H and O–H groups in total. The van der Waals surface area contributed by atoms with Crippen LogP contribution in [0, 0.1) is 0 Å². The molecule has 3 amide bonds. The summed E-state index contributed by atoms with van der Waals surface area (Å²) in [6.07, 6.45) is -4.52. The van der Waals surface area contributed by atoms with Gasteiger partial charge in [0.25, 0.3) is 11.8 Å². The molecule has 0 atom stereocenters. The van der Waals surface area contributed by atoms with Crippen molar-refractivity contribution in [2.24, 2.45) is 0 Å². The second kappa shape index (κ2) is 9.45. The van der Waals surface area contributed by atoms with Gasteiger partial charge in [0.05, 0.1) is 10.6 Å². The number of nitrogens with one attached hydrogen (secondary N) is 3. The van der Waals surface area contributed by atoms with Crippen LogP contribution in [-0.4, -0.2) is 24.3 Å². The average Bonchev–Trinajstić information content (AvgIpc) is 3.06. The van der Waals surface area contributed by atoms with Crippen molar-refractivity contribution in [3.8, 4) is 5.75 Å². The van der Waals surface area contributed by atoms with Crippen LogP contribution < -0.4 is 20.9 Å². The van der Waals surface area contributed by atoms with E-state index in [4.69, 9.17) is 16.3 Å². The summed E-state index contributed by atoms with van der Waals surface area (Å²) in [4.78, 5) is 35.3. The van der Waals surface area contributed by atoms with E-state index in [0.29, 0.717) is 15.8 Å². The predicted molar refractivity (Wildman–Crippen MR) is 114 cm³/mol. The van der Waals surface area contributed by atoms with Crippen LogP contribution in [0.2, 0.25) is 5.02 Å². The monoisotopic (exact) mass is 485 g/mol. The Kier molecular flexibility index (Phi) is 6.90. The fourth-order valence-electron chi connectivity index (χ4n) is 2.60. The molecular formula is C20H15ClF3N3O4S. The minimum atomic E-state index is -4.52. The highest BCUT2D eigenvalue weighted by Gasteiger charge is 2.30. The highest BCUT2D eigenvalue weighted by molar-refractivity contribution is 7.21. The van der Waals surface area contributed by atoms with E-state index < -0.39 is 36.1 Å². The number of ether oxygens (including phenoxy) is 1. The van der Waals surface area contributed by atoms with Crippen LogP contribution in [0.1, 0.15) is 22.2 Å². The van der Waals surface area contributed by atoms with Gasteiger partial charge >= 0.3 is 6.18 Å². The largest absolute Gasteiger partial charge is 0.484 e. The molecule has 0 saturated carbocycles. The fraction of sp³-hybridized carbons (Fsp3) is 0.150. The molecule has 0 fully saturated rings. The Morgan fingerprint density at radius 2 is 1.84 bits per heavy atom. The third-order valence-electron chi connectivity index (χ3n) is 4.00. The van der Waals surface area contributed by atoms with Crippen LogP contribution in [0.3, 0.4) is 0 Å². The second-order valence-corrected chi connectivity index (χ2v) is 7.88. The molecule has 168 valence electrons. The number of carbonyl (C=O) groups is 3. The molecule has 0 spiro atoms. The minimum Gasteiger partial charge on any atom is -0.484 e.